The number of nitrogens with two attached hydrogens (primary N) is 1. The van der Waals surface area contributed by atoms with Gasteiger partial charge >= 0.3 is 0 Å². The number of nitrogens with zero attached hydrogens (tertiary/aromatic N) is 2. The molecule has 1 aliphatic rings. The van der Waals surface area contributed by atoms with Crippen molar-refractivity contribution >= 4 is 16.8 Å². The van der Waals surface area contributed by atoms with E-state index in [0.717, 1.165) is 36.3 Å². The summed E-state index contributed by atoms with van der Waals surface area (Å²) in [7, 11) is 0. The molecule has 4 heteroatoms. The molecule has 1 fully saturated rings. The van der Waals surface area contributed by atoms with Crippen LogP contribution in [-0.2, 0) is 0 Å². The lowest BCUT2D eigenvalue weighted by atomic mass is 10.1. The van der Waals surface area contributed by atoms with Crippen LogP contribution in [0.25, 0.3) is 11.0 Å². The quantitative estimate of drug-likeness (QED) is 0.897. The van der Waals surface area contributed by atoms with Crippen molar-refractivity contribution in [3.05, 3.63) is 24.6 Å². The van der Waals surface area contributed by atoms with Crippen LogP contribution >= 0.6 is 0 Å². The zero-order valence-corrected chi connectivity index (χ0v) is 11.2. The van der Waals surface area contributed by atoms with E-state index >= 15 is 0 Å². The van der Waals surface area contributed by atoms with Gasteiger partial charge in [-0.2, -0.15) is 0 Å². The van der Waals surface area contributed by atoms with E-state index < -0.39 is 0 Å². The first-order valence-electron chi connectivity index (χ1n) is 7.19. The Kier molecular flexibility index (Phi) is 3.69. The highest BCUT2D eigenvalue weighted by atomic mass is 16.3. The Morgan fingerprint density at radius 1 is 1.32 bits per heavy atom. The summed E-state index contributed by atoms with van der Waals surface area (Å²) in [5, 5.41) is 1.12. The molecule has 2 N–H and O–H groups in total. The summed E-state index contributed by atoms with van der Waals surface area (Å²) in [6.07, 6.45) is 9.76. The van der Waals surface area contributed by atoms with Gasteiger partial charge in [0.15, 0.2) is 0 Å². The topological polar surface area (TPSA) is 55.3 Å². The maximum Gasteiger partial charge on any atom is 0.139 e. The number of pyridine rings is 1. The number of hydrogen-bond donors (Lipinski definition) is 1. The molecule has 2 aromatic heterocycles. The first-order chi connectivity index (χ1) is 9.40. The third-order valence-electron chi connectivity index (χ3n) is 4.00. The second-order valence-corrected chi connectivity index (χ2v) is 5.24. The summed E-state index contributed by atoms with van der Waals surface area (Å²) in [6, 6.07) is 4.55. The Labute approximate surface area is 113 Å². The molecular weight excluding hydrogens is 238 g/mol. The van der Waals surface area contributed by atoms with Gasteiger partial charge in [0, 0.05) is 18.8 Å². The minimum atomic E-state index is 0.611. The van der Waals surface area contributed by atoms with Crippen LogP contribution in [0.5, 0.6) is 0 Å². The van der Waals surface area contributed by atoms with Gasteiger partial charge in [-0.05, 0) is 37.9 Å². The molecule has 1 aliphatic carbocycles. The molecule has 4 nitrogen and oxygen atoms in total. The van der Waals surface area contributed by atoms with Crippen LogP contribution in [0.4, 0.5) is 5.82 Å². The molecule has 3 rings (SSSR count). The zero-order valence-electron chi connectivity index (χ0n) is 11.2. The molecule has 0 saturated heterocycles. The highest BCUT2D eigenvalue weighted by Crippen LogP contribution is 2.32. The molecule has 1 saturated carbocycles. The van der Waals surface area contributed by atoms with Gasteiger partial charge in [-0.25, -0.2) is 4.98 Å². The molecule has 2 aromatic rings. The van der Waals surface area contributed by atoms with Crippen molar-refractivity contribution in [1.82, 2.24) is 4.98 Å². The fourth-order valence-electron chi connectivity index (χ4n) is 3.05. The van der Waals surface area contributed by atoms with Crippen molar-refractivity contribution in [2.75, 3.05) is 18.0 Å². The van der Waals surface area contributed by atoms with Gasteiger partial charge in [0.1, 0.15) is 11.4 Å². The number of rotatable bonds is 5. The molecule has 19 heavy (non-hydrogen) atoms. The van der Waals surface area contributed by atoms with Gasteiger partial charge in [-0.15, -0.1) is 0 Å². The third kappa shape index (κ3) is 2.45. The first kappa shape index (κ1) is 12.5. The van der Waals surface area contributed by atoms with Gasteiger partial charge in [0.05, 0.1) is 11.6 Å². The van der Waals surface area contributed by atoms with Crippen LogP contribution in [-0.4, -0.2) is 24.1 Å². The smallest absolute Gasteiger partial charge is 0.139 e. The van der Waals surface area contributed by atoms with E-state index in [1.54, 1.807) is 6.26 Å². The molecule has 0 spiro atoms. The van der Waals surface area contributed by atoms with E-state index in [1.165, 1.54) is 25.7 Å². The molecule has 2 heterocycles. The van der Waals surface area contributed by atoms with Gasteiger partial charge < -0.3 is 15.1 Å². The first-order valence-corrected chi connectivity index (χ1v) is 7.19. The standard InChI is InChI=1S/C15H21N3O/c16-8-3-10-18(12-4-1-2-5-12)15-13-7-11-19-14(13)6-9-17-15/h6-7,9,11-12H,1-5,8,10,16H2. The van der Waals surface area contributed by atoms with Crippen LogP contribution in [0.15, 0.2) is 29.0 Å². The zero-order chi connectivity index (χ0) is 13.1. The second kappa shape index (κ2) is 5.61. The van der Waals surface area contributed by atoms with Crippen LogP contribution in [0, 0.1) is 0 Å². The number of hydrogen-bond acceptors (Lipinski definition) is 4. The van der Waals surface area contributed by atoms with Crippen molar-refractivity contribution in [3.8, 4) is 0 Å². The predicted octanol–water partition coefficient (Wildman–Crippen LogP) is 2.93. The summed E-state index contributed by atoms with van der Waals surface area (Å²) >= 11 is 0. The molecule has 0 bridgehead atoms. The number of fused-ring (bicyclic) bond motifs is 1. The lowest BCUT2D eigenvalue weighted by Crippen LogP contribution is -2.35. The Morgan fingerprint density at radius 2 is 2.16 bits per heavy atom. The van der Waals surface area contributed by atoms with E-state index in [1.807, 2.05) is 18.3 Å². The Bertz CT molecular complexity index is 531. The van der Waals surface area contributed by atoms with Crippen LogP contribution in [0.1, 0.15) is 32.1 Å². The number of anilines is 1. The summed E-state index contributed by atoms with van der Waals surface area (Å²) < 4.78 is 5.48. The highest BCUT2D eigenvalue weighted by Gasteiger charge is 2.24. The van der Waals surface area contributed by atoms with E-state index in [0.29, 0.717) is 6.04 Å². The molecule has 0 radical (unpaired) electrons. The average molecular weight is 259 g/mol. The van der Waals surface area contributed by atoms with Gasteiger partial charge in [-0.3, -0.25) is 0 Å². The normalized spacial score (nSPS) is 16.3. The fraction of sp³-hybridized carbons (Fsp3) is 0.533. The molecule has 0 amide bonds. The van der Waals surface area contributed by atoms with Gasteiger partial charge in [0.25, 0.3) is 0 Å². The largest absolute Gasteiger partial charge is 0.464 e. The van der Waals surface area contributed by atoms with Crippen molar-refractivity contribution in [3.63, 3.8) is 0 Å². The Balaban J connectivity index is 1.95. The van der Waals surface area contributed by atoms with Crippen LogP contribution < -0.4 is 10.6 Å². The minimum absolute atomic E-state index is 0.611. The maximum absolute atomic E-state index is 5.68. The summed E-state index contributed by atoms with van der Waals surface area (Å²) in [4.78, 5) is 7.04. The van der Waals surface area contributed by atoms with Crippen molar-refractivity contribution in [2.24, 2.45) is 5.73 Å². The van der Waals surface area contributed by atoms with Crippen molar-refractivity contribution in [2.45, 2.75) is 38.1 Å². The van der Waals surface area contributed by atoms with Crippen molar-refractivity contribution in [1.29, 1.82) is 0 Å². The monoisotopic (exact) mass is 259 g/mol. The SMILES string of the molecule is NCCCN(c1nccc2occc12)C1CCCC1. The highest BCUT2D eigenvalue weighted by molar-refractivity contribution is 5.88. The lowest BCUT2D eigenvalue weighted by molar-refractivity contribution is 0.588. The van der Waals surface area contributed by atoms with Gasteiger partial charge in [-0.1, -0.05) is 12.8 Å². The summed E-state index contributed by atoms with van der Waals surface area (Å²) in [6.45, 7) is 1.71. The molecule has 0 atom stereocenters. The van der Waals surface area contributed by atoms with E-state index in [9.17, 15) is 0 Å². The lowest BCUT2D eigenvalue weighted by Gasteiger charge is -2.30. The van der Waals surface area contributed by atoms with E-state index in [2.05, 4.69) is 9.88 Å². The van der Waals surface area contributed by atoms with Crippen molar-refractivity contribution < 1.29 is 4.42 Å². The minimum Gasteiger partial charge on any atom is -0.464 e. The number of aromatic nitrogens is 1. The molecule has 0 unspecified atom stereocenters. The van der Waals surface area contributed by atoms with Gasteiger partial charge in [0.2, 0.25) is 0 Å². The molecule has 102 valence electrons. The van der Waals surface area contributed by atoms with Crippen LogP contribution in [0.3, 0.4) is 0 Å². The Morgan fingerprint density at radius 3 is 2.95 bits per heavy atom. The summed E-state index contributed by atoms with van der Waals surface area (Å²) in [5.41, 5.74) is 6.60. The van der Waals surface area contributed by atoms with Crippen LogP contribution in [0.2, 0.25) is 0 Å². The fourth-order valence-corrected chi connectivity index (χ4v) is 3.05. The molecule has 0 aromatic carbocycles. The Hall–Kier alpha value is -1.55. The van der Waals surface area contributed by atoms with E-state index in [-0.39, 0.29) is 0 Å². The number of furan rings is 1. The third-order valence-corrected chi connectivity index (χ3v) is 4.00. The maximum atomic E-state index is 5.68. The summed E-state index contributed by atoms with van der Waals surface area (Å²) in [5.74, 6) is 1.06. The molecule has 0 aliphatic heterocycles. The molecular formula is C15H21N3O. The average Bonchev–Trinajstić information content (AvgIpc) is 3.10. The predicted molar refractivity (Wildman–Crippen MR) is 77.3 cm³/mol. The van der Waals surface area contributed by atoms with E-state index in [4.69, 9.17) is 10.2 Å². The second-order valence-electron chi connectivity index (χ2n) is 5.24.